The zero-order chi connectivity index (χ0) is 20.1. The molecule has 4 aromatic rings. The topological polar surface area (TPSA) is 40.5 Å². The summed E-state index contributed by atoms with van der Waals surface area (Å²) in [5.41, 5.74) is 3.76. The van der Waals surface area contributed by atoms with Crippen LogP contribution in [0.15, 0.2) is 84.9 Å². The summed E-state index contributed by atoms with van der Waals surface area (Å²) in [7, 11) is 0. The number of fused-ring (bicyclic) bond motifs is 1. The standard InChI is InChI=1S/C25H23NO3/c1-2-28-25(27)24-16-21-15-22(29-18-20-11-7-4-8-12-20)13-14-23(21)26(24)17-19-9-5-3-6-10-19/h3-16H,2,17-18H2,1H3. The fraction of sp³-hybridized carbons (Fsp3) is 0.160. The average molecular weight is 385 g/mol. The van der Waals surface area contributed by atoms with Gasteiger partial charge < -0.3 is 14.0 Å². The third-order valence-electron chi connectivity index (χ3n) is 4.79. The summed E-state index contributed by atoms with van der Waals surface area (Å²) in [6.45, 7) is 3.26. The molecule has 0 aliphatic carbocycles. The van der Waals surface area contributed by atoms with Crippen LogP contribution in [0.3, 0.4) is 0 Å². The van der Waals surface area contributed by atoms with Gasteiger partial charge in [0.25, 0.3) is 0 Å². The molecule has 29 heavy (non-hydrogen) atoms. The van der Waals surface area contributed by atoms with Gasteiger partial charge >= 0.3 is 5.97 Å². The molecule has 0 bridgehead atoms. The van der Waals surface area contributed by atoms with Crippen LogP contribution in [0.5, 0.6) is 5.75 Å². The van der Waals surface area contributed by atoms with E-state index in [2.05, 4.69) is 12.1 Å². The third kappa shape index (κ3) is 4.32. The molecular formula is C25H23NO3. The van der Waals surface area contributed by atoms with Crippen LogP contribution < -0.4 is 4.74 Å². The van der Waals surface area contributed by atoms with E-state index in [1.165, 1.54) is 0 Å². The molecule has 3 aromatic carbocycles. The molecule has 0 aliphatic rings. The first-order valence-corrected chi connectivity index (χ1v) is 9.75. The number of esters is 1. The van der Waals surface area contributed by atoms with Crippen LogP contribution in [0.4, 0.5) is 0 Å². The molecule has 0 fully saturated rings. The second-order valence-electron chi connectivity index (χ2n) is 6.82. The van der Waals surface area contributed by atoms with Crippen molar-refractivity contribution in [3.05, 3.63) is 102 Å². The number of rotatable bonds is 7. The number of benzene rings is 3. The SMILES string of the molecule is CCOC(=O)c1cc2cc(OCc3ccccc3)ccc2n1Cc1ccccc1. The van der Waals surface area contributed by atoms with Gasteiger partial charge in [-0.2, -0.15) is 0 Å². The van der Waals surface area contributed by atoms with E-state index in [-0.39, 0.29) is 5.97 Å². The highest BCUT2D eigenvalue weighted by atomic mass is 16.5. The zero-order valence-electron chi connectivity index (χ0n) is 16.4. The quantitative estimate of drug-likeness (QED) is 0.398. The Morgan fingerprint density at radius 2 is 1.55 bits per heavy atom. The second-order valence-corrected chi connectivity index (χ2v) is 6.82. The van der Waals surface area contributed by atoms with E-state index in [4.69, 9.17) is 9.47 Å². The monoisotopic (exact) mass is 385 g/mol. The van der Waals surface area contributed by atoms with Crippen molar-refractivity contribution in [2.24, 2.45) is 0 Å². The third-order valence-corrected chi connectivity index (χ3v) is 4.79. The van der Waals surface area contributed by atoms with Crippen LogP contribution >= 0.6 is 0 Å². The Morgan fingerprint density at radius 1 is 0.862 bits per heavy atom. The molecule has 146 valence electrons. The maximum Gasteiger partial charge on any atom is 0.354 e. The number of carbonyl (C=O) groups is 1. The van der Waals surface area contributed by atoms with Crippen molar-refractivity contribution in [3.8, 4) is 5.75 Å². The van der Waals surface area contributed by atoms with E-state index < -0.39 is 0 Å². The normalized spacial score (nSPS) is 10.8. The van der Waals surface area contributed by atoms with Crippen LogP contribution in [0.2, 0.25) is 0 Å². The Kier molecular flexibility index (Phi) is 5.61. The maximum atomic E-state index is 12.5. The first-order valence-electron chi connectivity index (χ1n) is 9.75. The van der Waals surface area contributed by atoms with E-state index >= 15 is 0 Å². The van der Waals surface area contributed by atoms with Crippen LogP contribution in [0, 0.1) is 0 Å². The average Bonchev–Trinajstić information content (AvgIpc) is 3.12. The summed E-state index contributed by atoms with van der Waals surface area (Å²) in [6, 6.07) is 28.0. The highest BCUT2D eigenvalue weighted by Crippen LogP contribution is 2.27. The molecule has 1 heterocycles. The van der Waals surface area contributed by atoms with E-state index in [1.807, 2.05) is 84.3 Å². The summed E-state index contributed by atoms with van der Waals surface area (Å²) in [6.07, 6.45) is 0. The van der Waals surface area contributed by atoms with E-state index in [0.29, 0.717) is 25.5 Å². The van der Waals surface area contributed by atoms with Crippen molar-refractivity contribution in [1.29, 1.82) is 0 Å². The molecule has 4 nitrogen and oxygen atoms in total. The van der Waals surface area contributed by atoms with E-state index in [1.54, 1.807) is 0 Å². The zero-order valence-corrected chi connectivity index (χ0v) is 16.4. The van der Waals surface area contributed by atoms with E-state index in [0.717, 1.165) is 27.8 Å². The highest BCUT2D eigenvalue weighted by Gasteiger charge is 2.17. The summed E-state index contributed by atoms with van der Waals surface area (Å²) < 4.78 is 13.2. The summed E-state index contributed by atoms with van der Waals surface area (Å²) in [4.78, 5) is 12.5. The summed E-state index contributed by atoms with van der Waals surface area (Å²) in [5, 5.41) is 0.953. The molecule has 0 saturated carbocycles. The van der Waals surface area contributed by atoms with Crippen molar-refractivity contribution >= 4 is 16.9 Å². The predicted octanol–water partition coefficient (Wildman–Crippen LogP) is 5.45. The second kappa shape index (κ2) is 8.65. The minimum atomic E-state index is -0.314. The van der Waals surface area contributed by atoms with E-state index in [9.17, 15) is 4.79 Å². The summed E-state index contributed by atoms with van der Waals surface area (Å²) >= 11 is 0. The fourth-order valence-corrected chi connectivity index (χ4v) is 3.39. The van der Waals surface area contributed by atoms with Crippen LogP contribution in [0.1, 0.15) is 28.5 Å². The smallest absolute Gasteiger partial charge is 0.354 e. The Morgan fingerprint density at radius 3 is 2.24 bits per heavy atom. The van der Waals surface area contributed by atoms with Gasteiger partial charge in [-0.3, -0.25) is 0 Å². The van der Waals surface area contributed by atoms with Gasteiger partial charge in [0.2, 0.25) is 0 Å². The van der Waals surface area contributed by atoms with Crippen molar-refractivity contribution < 1.29 is 14.3 Å². The Hall–Kier alpha value is -3.53. The molecule has 0 atom stereocenters. The lowest BCUT2D eigenvalue weighted by Crippen LogP contribution is -2.12. The molecule has 4 rings (SSSR count). The number of nitrogens with zero attached hydrogens (tertiary/aromatic N) is 1. The van der Waals surface area contributed by atoms with Crippen LogP contribution in [-0.2, 0) is 17.9 Å². The number of hydrogen-bond acceptors (Lipinski definition) is 3. The Balaban J connectivity index is 1.66. The predicted molar refractivity (Wildman–Crippen MR) is 114 cm³/mol. The molecule has 0 N–H and O–H groups in total. The van der Waals surface area contributed by atoms with Gasteiger partial charge in [-0.05, 0) is 42.3 Å². The molecule has 1 aromatic heterocycles. The lowest BCUT2D eigenvalue weighted by atomic mass is 10.2. The van der Waals surface area contributed by atoms with Crippen molar-refractivity contribution in [2.45, 2.75) is 20.1 Å². The minimum absolute atomic E-state index is 0.314. The van der Waals surface area contributed by atoms with Crippen molar-refractivity contribution in [2.75, 3.05) is 6.61 Å². The highest BCUT2D eigenvalue weighted by molar-refractivity contribution is 5.96. The molecule has 0 spiro atoms. The molecule has 4 heteroatoms. The molecular weight excluding hydrogens is 362 g/mol. The number of aromatic nitrogens is 1. The van der Waals surface area contributed by atoms with Gasteiger partial charge in [0.15, 0.2) is 0 Å². The van der Waals surface area contributed by atoms with Crippen LogP contribution in [-0.4, -0.2) is 17.1 Å². The Labute approximate surface area is 170 Å². The largest absolute Gasteiger partial charge is 0.489 e. The molecule has 0 aliphatic heterocycles. The molecule has 0 radical (unpaired) electrons. The molecule has 0 saturated heterocycles. The van der Waals surface area contributed by atoms with Gasteiger partial charge in [0, 0.05) is 17.4 Å². The Bertz CT molecular complexity index is 1100. The summed E-state index contributed by atoms with van der Waals surface area (Å²) in [5.74, 6) is 0.458. The first kappa shape index (κ1) is 18.8. The number of carbonyl (C=O) groups excluding carboxylic acids is 1. The van der Waals surface area contributed by atoms with Crippen molar-refractivity contribution in [1.82, 2.24) is 4.57 Å². The van der Waals surface area contributed by atoms with Gasteiger partial charge in [0.1, 0.15) is 18.1 Å². The van der Waals surface area contributed by atoms with Crippen LogP contribution in [0.25, 0.3) is 10.9 Å². The lowest BCUT2D eigenvalue weighted by molar-refractivity contribution is 0.0515. The minimum Gasteiger partial charge on any atom is -0.489 e. The number of hydrogen-bond donors (Lipinski definition) is 0. The van der Waals surface area contributed by atoms with Gasteiger partial charge in [0.05, 0.1) is 6.61 Å². The van der Waals surface area contributed by atoms with Gasteiger partial charge in [-0.25, -0.2) is 4.79 Å². The molecule has 0 unspecified atom stereocenters. The van der Waals surface area contributed by atoms with Crippen molar-refractivity contribution in [3.63, 3.8) is 0 Å². The maximum absolute atomic E-state index is 12.5. The van der Waals surface area contributed by atoms with Gasteiger partial charge in [-0.15, -0.1) is 0 Å². The first-order chi connectivity index (χ1) is 14.2. The lowest BCUT2D eigenvalue weighted by Gasteiger charge is -2.11. The number of ether oxygens (including phenoxy) is 2. The molecule has 0 amide bonds. The van der Waals surface area contributed by atoms with Gasteiger partial charge in [-0.1, -0.05) is 60.7 Å². The fourth-order valence-electron chi connectivity index (χ4n) is 3.39.